The van der Waals surface area contributed by atoms with Crippen LogP contribution in [-0.4, -0.2) is 48.9 Å². The lowest BCUT2D eigenvalue weighted by molar-refractivity contribution is -0.143. The van der Waals surface area contributed by atoms with Crippen LogP contribution in [0.3, 0.4) is 0 Å². The zero-order chi connectivity index (χ0) is 12.3. The van der Waals surface area contributed by atoms with Gasteiger partial charge in [-0.2, -0.15) is 0 Å². The number of carbonyl (C=O) groups excluding carboxylic acids is 1. The summed E-state index contributed by atoms with van der Waals surface area (Å²) in [6, 6.07) is 0. The third-order valence-corrected chi connectivity index (χ3v) is 3.53. The summed E-state index contributed by atoms with van der Waals surface area (Å²) in [5.74, 6) is -0.290. The van der Waals surface area contributed by atoms with Crippen molar-refractivity contribution in [3.8, 4) is 0 Å². The van der Waals surface area contributed by atoms with Crippen LogP contribution in [0.25, 0.3) is 0 Å². The maximum absolute atomic E-state index is 11.0. The van der Waals surface area contributed by atoms with Gasteiger partial charge in [-0.15, -0.1) is 0 Å². The summed E-state index contributed by atoms with van der Waals surface area (Å²) in [6.07, 6.45) is 3.22. The summed E-state index contributed by atoms with van der Waals surface area (Å²) in [4.78, 5) is 18.1. The Morgan fingerprint density at radius 2 is 2.24 bits per heavy atom. The SMILES string of the molecule is CCC(=O)O/N=C1\COC2(CCN(C)CC2)C1. The zero-order valence-corrected chi connectivity index (χ0v) is 10.6. The minimum absolute atomic E-state index is 0.0516. The first-order valence-corrected chi connectivity index (χ1v) is 6.22. The van der Waals surface area contributed by atoms with Crippen molar-refractivity contribution in [1.82, 2.24) is 4.90 Å². The topological polar surface area (TPSA) is 51.1 Å². The number of ether oxygens (including phenoxy) is 1. The second-order valence-corrected chi connectivity index (χ2v) is 4.93. The number of oxime groups is 1. The predicted octanol–water partition coefficient (Wildman–Crippen LogP) is 1.18. The fourth-order valence-corrected chi connectivity index (χ4v) is 2.30. The van der Waals surface area contributed by atoms with E-state index in [0.29, 0.717) is 13.0 Å². The molecule has 0 saturated carbocycles. The Balaban J connectivity index is 1.88. The van der Waals surface area contributed by atoms with Crippen LogP contribution in [0.4, 0.5) is 0 Å². The van der Waals surface area contributed by atoms with Crippen molar-refractivity contribution in [2.24, 2.45) is 5.16 Å². The third kappa shape index (κ3) is 3.04. The molecule has 2 heterocycles. The lowest BCUT2D eigenvalue weighted by Gasteiger charge is -2.36. The molecular formula is C12H20N2O3. The molecule has 96 valence electrons. The zero-order valence-electron chi connectivity index (χ0n) is 10.6. The molecule has 0 N–H and O–H groups in total. The van der Waals surface area contributed by atoms with Crippen LogP contribution in [0.5, 0.6) is 0 Å². The van der Waals surface area contributed by atoms with Crippen molar-refractivity contribution in [3.63, 3.8) is 0 Å². The van der Waals surface area contributed by atoms with Gasteiger partial charge in [0.2, 0.25) is 0 Å². The van der Waals surface area contributed by atoms with Crippen molar-refractivity contribution in [2.45, 2.75) is 38.2 Å². The van der Waals surface area contributed by atoms with Crippen molar-refractivity contribution in [3.05, 3.63) is 0 Å². The van der Waals surface area contributed by atoms with Crippen LogP contribution in [0.1, 0.15) is 32.6 Å². The summed E-state index contributed by atoms with van der Waals surface area (Å²) >= 11 is 0. The molecule has 0 atom stereocenters. The average molecular weight is 240 g/mol. The van der Waals surface area contributed by atoms with E-state index in [1.54, 1.807) is 6.92 Å². The van der Waals surface area contributed by atoms with E-state index in [1.165, 1.54) is 0 Å². The van der Waals surface area contributed by atoms with Gasteiger partial charge in [0.15, 0.2) is 0 Å². The monoisotopic (exact) mass is 240 g/mol. The normalized spacial score (nSPS) is 26.6. The fraction of sp³-hybridized carbons (Fsp3) is 0.833. The molecule has 0 aromatic carbocycles. The van der Waals surface area contributed by atoms with Crippen molar-refractivity contribution in [2.75, 3.05) is 26.7 Å². The molecule has 2 fully saturated rings. The second-order valence-electron chi connectivity index (χ2n) is 4.93. The number of piperidine rings is 1. The fourth-order valence-electron chi connectivity index (χ4n) is 2.30. The molecule has 0 aliphatic carbocycles. The number of carbonyl (C=O) groups is 1. The number of hydrogen-bond donors (Lipinski definition) is 0. The van der Waals surface area contributed by atoms with Gasteiger partial charge in [0.1, 0.15) is 0 Å². The number of likely N-dealkylation sites (tertiary alicyclic amines) is 1. The van der Waals surface area contributed by atoms with Crippen molar-refractivity contribution in [1.29, 1.82) is 0 Å². The summed E-state index contributed by atoms with van der Waals surface area (Å²) < 4.78 is 5.86. The maximum Gasteiger partial charge on any atom is 0.334 e. The molecule has 0 amide bonds. The Labute approximate surface area is 102 Å². The Hall–Kier alpha value is -0.940. The molecule has 2 aliphatic rings. The van der Waals surface area contributed by atoms with Crippen molar-refractivity contribution >= 4 is 11.7 Å². The molecule has 0 radical (unpaired) electrons. The van der Waals surface area contributed by atoms with E-state index in [-0.39, 0.29) is 11.6 Å². The van der Waals surface area contributed by atoms with E-state index in [4.69, 9.17) is 9.57 Å². The number of rotatable bonds is 2. The third-order valence-electron chi connectivity index (χ3n) is 3.53. The summed E-state index contributed by atoms with van der Waals surface area (Å²) in [6.45, 7) is 4.37. The van der Waals surface area contributed by atoms with Crippen LogP contribution < -0.4 is 0 Å². The highest BCUT2D eigenvalue weighted by molar-refractivity contribution is 5.88. The average Bonchev–Trinajstić information content (AvgIpc) is 2.74. The van der Waals surface area contributed by atoms with Crippen LogP contribution in [-0.2, 0) is 14.4 Å². The Bertz CT molecular complexity index is 320. The lowest BCUT2D eigenvalue weighted by Crippen LogP contribution is -2.42. The minimum Gasteiger partial charge on any atom is -0.368 e. The Morgan fingerprint density at radius 1 is 1.53 bits per heavy atom. The molecule has 0 bridgehead atoms. The van der Waals surface area contributed by atoms with E-state index in [1.807, 2.05) is 0 Å². The van der Waals surface area contributed by atoms with E-state index < -0.39 is 0 Å². The van der Waals surface area contributed by atoms with Crippen LogP contribution >= 0.6 is 0 Å². The molecule has 1 spiro atoms. The summed E-state index contributed by atoms with van der Waals surface area (Å²) in [7, 11) is 2.12. The smallest absolute Gasteiger partial charge is 0.334 e. The maximum atomic E-state index is 11.0. The van der Waals surface area contributed by atoms with Crippen molar-refractivity contribution < 1.29 is 14.4 Å². The standard InChI is InChI=1S/C12H20N2O3/c1-3-11(15)17-13-10-8-12(16-9-10)4-6-14(2)7-5-12/h3-9H2,1-2H3/b13-10-. The molecule has 0 aromatic rings. The van der Waals surface area contributed by atoms with Gasteiger partial charge in [0.05, 0.1) is 17.9 Å². The van der Waals surface area contributed by atoms with Gasteiger partial charge in [-0.25, -0.2) is 4.79 Å². The molecule has 5 heteroatoms. The molecule has 0 unspecified atom stereocenters. The van der Waals surface area contributed by atoms with Crippen LogP contribution in [0.15, 0.2) is 5.16 Å². The highest BCUT2D eigenvalue weighted by atomic mass is 16.7. The molecular weight excluding hydrogens is 220 g/mol. The number of hydrogen-bond acceptors (Lipinski definition) is 5. The summed E-state index contributed by atoms with van der Waals surface area (Å²) in [5, 5.41) is 3.89. The largest absolute Gasteiger partial charge is 0.368 e. The number of nitrogens with zero attached hydrogens (tertiary/aromatic N) is 2. The predicted molar refractivity (Wildman–Crippen MR) is 63.8 cm³/mol. The van der Waals surface area contributed by atoms with E-state index >= 15 is 0 Å². The van der Waals surface area contributed by atoms with E-state index in [9.17, 15) is 4.79 Å². The molecule has 17 heavy (non-hydrogen) atoms. The molecule has 2 rings (SSSR count). The molecule has 2 saturated heterocycles. The van der Waals surface area contributed by atoms with Gasteiger partial charge in [0, 0.05) is 25.9 Å². The second kappa shape index (κ2) is 5.14. The van der Waals surface area contributed by atoms with E-state index in [2.05, 4.69) is 17.1 Å². The quantitative estimate of drug-likeness (QED) is 0.537. The van der Waals surface area contributed by atoms with Gasteiger partial charge >= 0.3 is 5.97 Å². The van der Waals surface area contributed by atoms with E-state index in [0.717, 1.165) is 38.1 Å². The van der Waals surface area contributed by atoms with Gasteiger partial charge in [-0.3, -0.25) is 0 Å². The Kier molecular flexibility index (Phi) is 3.79. The highest BCUT2D eigenvalue weighted by Gasteiger charge is 2.40. The first kappa shape index (κ1) is 12.5. The minimum atomic E-state index is -0.290. The van der Waals surface area contributed by atoms with Gasteiger partial charge < -0.3 is 14.5 Å². The van der Waals surface area contributed by atoms with Crippen LogP contribution in [0, 0.1) is 0 Å². The summed E-state index contributed by atoms with van der Waals surface area (Å²) in [5.41, 5.74) is 0.806. The van der Waals surface area contributed by atoms with Crippen LogP contribution in [0.2, 0.25) is 0 Å². The van der Waals surface area contributed by atoms with Gasteiger partial charge in [-0.1, -0.05) is 12.1 Å². The van der Waals surface area contributed by atoms with Gasteiger partial charge in [0.25, 0.3) is 0 Å². The Morgan fingerprint density at radius 3 is 2.88 bits per heavy atom. The highest BCUT2D eigenvalue weighted by Crippen LogP contribution is 2.34. The lowest BCUT2D eigenvalue weighted by atomic mass is 9.88. The molecule has 2 aliphatic heterocycles. The first-order chi connectivity index (χ1) is 8.13. The first-order valence-electron chi connectivity index (χ1n) is 6.22. The molecule has 0 aromatic heterocycles. The van der Waals surface area contributed by atoms with Gasteiger partial charge in [-0.05, 0) is 19.9 Å². The molecule has 5 nitrogen and oxygen atoms in total.